The molecule has 0 aliphatic heterocycles. The van der Waals surface area contributed by atoms with Crippen LogP contribution in [-0.2, 0) is 0 Å². The van der Waals surface area contributed by atoms with Crippen molar-refractivity contribution in [3.05, 3.63) is 38.9 Å². The Morgan fingerprint density at radius 2 is 2.07 bits per heavy atom. The fraction of sp³-hybridized carbons (Fsp3) is 0. The van der Waals surface area contributed by atoms with Gasteiger partial charge in [-0.3, -0.25) is 10.1 Å². The maximum absolute atomic E-state index is 10.4. The lowest BCUT2D eigenvalue weighted by Gasteiger charge is -1.97. The number of nitro groups is 1. The van der Waals surface area contributed by atoms with Gasteiger partial charge >= 0.3 is 5.97 Å². The van der Waals surface area contributed by atoms with Crippen molar-refractivity contribution in [2.45, 2.75) is 0 Å². The molecule has 1 rings (SSSR count). The second kappa shape index (κ2) is 4.54. The second-order valence-corrected chi connectivity index (χ2v) is 2.63. The van der Waals surface area contributed by atoms with Crippen LogP contribution in [0.15, 0.2) is 18.2 Å². The molecule has 0 radical (unpaired) electrons. The molecule has 0 amide bonds. The summed E-state index contributed by atoms with van der Waals surface area (Å²) in [7, 11) is 0. The summed E-state index contributed by atoms with van der Waals surface area (Å²) in [6.07, 6.45) is 0. The lowest BCUT2D eigenvalue weighted by atomic mass is 10.2. The third kappa shape index (κ3) is 2.41. The molecule has 0 atom stereocenters. The second-order valence-electron chi connectivity index (χ2n) is 2.23. The van der Waals surface area contributed by atoms with Gasteiger partial charge in [0.2, 0.25) is 0 Å². The van der Waals surface area contributed by atoms with Gasteiger partial charge in [0.15, 0.2) is 0 Å². The molecule has 0 aliphatic rings. The van der Waals surface area contributed by atoms with Gasteiger partial charge in [0, 0.05) is 12.1 Å². The SMILES string of the molecule is O.O=C(O)c1ccc([N+](=O)[O-])cc1Cl. The van der Waals surface area contributed by atoms with Crippen LogP contribution in [0.2, 0.25) is 5.02 Å². The number of carboxylic acids is 1. The predicted molar refractivity (Wildman–Crippen MR) is 48.7 cm³/mol. The van der Waals surface area contributed by atoms with Gasteiger partial charge in [0.05, 0.1) is 15.5 Å². The first-order valence-electron chi connectivity index (χ1n) is 3.19. The van der Waals surface area contributed by atoms with E-state index in [9.17, 15) is 14.9 Å². The molecule has 0 aromatic heterocycles. The van der Waals surface area contributed by atoms with Gasteiger partial charge in [-0.15, -0.1) is 0 Å². The molecule has 0 fully saturated rings. The van der Waals surface area contributed by atoms with Gasteiger partial charge < -0.3 is 10.6 Å². The van der Waals surface area contributed by atoms with Crippen molar-refractivity contribution in [2.24, 2.45) is 0 Å². The first-order valence-corrected chi connectivity index (χ1v) is 3.57. The quantitative estimate of drug-likeness (QED) is 0.593. The van der Waals surface area contributed by atoms with Gasteiger partial charge in [-0.2, -0.15) is 0 Å². The number of hydrogen-bond acceptors (Lipinski definition) is 3. The molecule has 3 N–H and O–H groups in total. The minimum absolute atomic E-state index is 0. The summed E-state index contributed by atoms with van der Waals surface area (Å²) in [4.78, 5) is 20.0. The number of hydrogen-bond donors (Lipinski definition) is 1. The van der Waals surface area contributed by atoms with Crippen LogP contribution in [0, 0.1) is 10.1 Å². The van der Waals surface area contributed by atoms with E-state index in [1.165, 1.54) is 0 Å². The Bertz CT molecular complexity index is 378. The highest BCUT2D eigenvalue weighted by atomic mass is 35.5. The molecular weight excluding hydrogens is 214 g/mol. The molecule has 76 valence electrons. The normalized spacial score (nSPS) is 8.93. The zero-order valence-corrected chi connectivity index (χ0v) is 7.49. The molecule has 0 unspecified atom stereocenters. The van der Waals surface area contributed by atoms with Crippen molar-refractivity contribution in [1.29, 1.82) is 0 Å². The summed E-state index contributed by atoms with van der Waals surface area (Å²) in [6, 6.07) is 3.20. The van der Waals surface area contributed by atoms with Crippen molar-refractivity contribution >= 4 is 23.3 Å². The zero-order chi connectivity index (χ0) is 10.0. The minimum atomic E-state index is -1.21. The molecule has 0 bridgehead atoms. The summed E-state index contributed by atoms with van der Waals surface area (Å²) in [5, 5.41) is 18.6. The fourth-order valence-corrected chi connectivity index (χ4v) is 1.05. The molecule has 0 saturated heterocycles. The topological polar surface area (TPSA) is 112 Å². The van der Waals surface area contributed by atoms with Crippen molar-refractivity contribution in [3.8, 4) is 0 Å². The number of nitrogens with zero attached hydrogens (tertiary/aromatic N) is 1. The number of aromatic carboxylic acids is 1. The largest absolute Gasteiger partial charge is 0.478 e. The van der Waals surface area contributed by atoms with Gasteiger partial charge in [0.1, 0.15) is 0 Å². The minimum Gasteiger partial charge on any atom is -0.478 e. The first-order chi connectivity index (χ1) is 6.02. The number of halogens is 1. The van der Waals surface area contributed by atoms with Gasteiger partial charge in [-0.1, -0.05) is 11.6 Å². The number of benzene rings is 1. The zero-order valence-electron chi connectivity index (χ0n) is 6.73. The molecule has 0 spiro atoms. The van der Waals surface area contributed by atoms with Crippen molar-refractivity contribution in [2.75, 3.05) is 0 Å². The van der Waals surface area contributed by atoms with Gasteiger partial charge in [-0.05, 0) is 6.07 Å². The summed E-state index contributed by atoms with van der Waals surface area (Å²) >= 11 is 5.48. The maximum Gasteiger partial charge on any atom is 0.337 e. The van der Waals surface area contributed by atoms with E-state index in [1.807, 2.05) is 0 Å². The van der Waals surface area contributed by atoms with Gasteiger partial charge in [-0.25, -0.2) is 4.79 Å². The molecule has 1 aromatic carbocycles. The summed E-state index contributed by atoms with van der Waals surface area (Å²) in [6.45, 7) is 0. The van der Waals surface area contributed by atoms with E-state index in [0.717, 1.165) is 18.2 Å². The van der Waals surface area contributed by atoms with Crippen molar-refractivity contribution in [1.82, 2.24) is 0 Å². The van der Waals surface area contributed by atoms with E-state index in [-0.39, 0.29) is 21.7 Å². The first kappa shape index (κ1) is 12.3. The average molecular weight is 220 g/mol. The lowest BCUT2D eigenvalue weighted by Crippen LogP contribution is -1.98. The van der Waals surface area contributed by atoms with E-state index in [4.69, 9.17) is 16.7 Å². The maximum atomic E-state index is 10.4. The number of nitro benzene ring substituents is 1. The van der Waals surface area contributed by atoms with Crippen LogP contribution in [0.5, 0.6) is 0 Å². The molecule has 0 heterocycles. The van der Waals surface area contributed by atoms with Crippen LogP contribution in [0.1, 0.15) is 10.4 Å². The molecule has 6 nitrogen and oxygen atoms in total. The third-order valence-corrected chi connectivity index (χ3v) is 1.71. The van der Waals surface area contributed by atoms with Crippen LogP contribution < -0.4 is 0 Å². The molecule has 0 saturated carbocycles. The fourth-order valence-electron chi connectivity index (χ4n) is 0.791. The van der Waals surface area contributed by atoms with Crippen LogP contribution in [0.4, 0.5) is 5.69 Å². The summed E-state index contributed by atoms with van der Waals surface area (Å²) in [5.41, 5.74) is -0.373. The Balaban J connectivity index is 0.00000169. The van der Waals surface area contributed by atoms with E-state index in [0.29, 0.717) is 0 Å². The highest BCUT2D eigenvalue weighted by Crippen LogP contribution is 2.22. The smallest absolute Gasteiger partial charge is 0.337 e. The summed E-state index contributed by atoms with van der Waals surface area (Å²) in [5.74, 6) is -1.21. The number of non-ortho nitro benzene ring substituents is 1. The Hall–Kier alpha value is -1.66. The number of carbonyl (C=O) groups is 1. The van der Waals surface area contributed by atoms with E-state index >= 15 is 0 Å². The predicted octanol–water partition coefficient (Wildman–Crippen LogP) is 1.12. The molecular formula is C7H6ClNO5. The molecule has 7 heteroatoms. The highest BCUT2D eigenvalue weighted by Gasteiger charge is 2.13. The monoisotopic (exact) mass is 219 g/mol. The van der Waals surface area contributed by atoms with Crippen LogP contribution >= 0.6 is 11.6 Å². The van der Waals surface area contributed by atoms with E-state index in [1.54, 1.807) is 0 Å². The van der Waals surface area contributed by atoms with Crippen molar-refractivity contribution in [3.63, 3.8) is 0 Å². The van der Waals surface area contributed by atoms with E-state index in [2.05, 4.69) is 0 Å². The third-order valence-electron chi connectivity index (χ3n) is 1.39. The molecule has 0 aliphatic carbocycles. The Kier molecular flexibility index (Phi) is 4.00. The Morgan fingerprint density at radius 3 is 2.43 bits per heavy atom. The van der Waals surface area contributed by atoms with Gasteiger partial charge in [0.25, 0.3) is 5.69 Å². The van der Waals surface area contributed by atoms with Crippen LogP contribution in [0.25, 0.3) is 0 Å². The molecule has 14 heavy (non-hydrogen) atoms. The number of rotatable bonds is 2. The Labute approximate surface area is 83.2 Å². The Morgan fingerprint density at radius 1 is 1.50 bits per heavy atom. The number of carboxylic acid groups (broad SMARTS) is 1. The standard InChI is InChI=1S/C7H4ClNO4.H2O/c8-6-3-4(9(12)13)1-2-5(6)7(10)11;/h1-3H,(H,10,11);1H2. The lowest BCUT2D eigenvalue weighted by molar-refractivity contribution is -0.384. The molecule has 1 aromatic rings. The highest BCUT2D eigenvalue weighted by molar-refractivity contribution is 6.33. The summed E-state index contributed by atoms with van der Waals surface area (Å²) < 4.78 is 0. The van der Waals surface area contributed by atoms with E-state index < -0.39 is 10.9 Å². The van der Waals surface area contributed by atoms with Crippen molar-refractivity contribution < 1.29 is 20.3 Å². The average Bonchev–Trinajstić information content (AvgIpc) is 2.03. The van der Waals surface area contributed by atoms with Crippen LogP contribution in [0.3, 0.4) is 0 Å². The van der Waals surface area contributed by atoms with Crippen LogP contribution in [-0.4, -0.2) is 21.5 Å².